The Morgan fingerprint density at radius 3 is 1.89 bits per heavy atom. The van der Waals surface area contributed by atoms with Gasteiger partial charge < -0.3 is 40.6 Å². The van der Waals surface area contributed by atoms with Gasteiger partial charge in [0.05, 0.1) is 37.6 Å². The fourth-order valence-electron chi connectivity index (χ4n) is 7.52. The summed E-state index contributed by atoms with van der Waals surface area (Å²) >= 11 is 0. The summed E-state index contributed by atoms with van der Waals surface area (Å²) in [5.74, 6) is -3.83. The van der Waals surface area contributed by atoms with Crippen LogP contribution in [0.4, 0.5) is 0 Å². The maximum Gasteiger partial charge on any atom is 0.310 e. The van der Waals surface area contributed by atoms with Crippen molar-refractivity contribution < 1.29 is 57.7 Å². The summed E-state index contributed by atoms with van der Waals surface area (Å²) in [6.07, 6.45) is 1.91. The molecule has 6 rings (SSSR count). The van der Waals surface area contributed by atoms with Gasteiger partial charge >= 0.3 is 11.9 Å². The number of ether oxygens (including phenoxy) is 2. The smallest absolute Gasteiger partial charge is 0.310 e. The first-order chi connectivity index (χ1) is 27.4. The summed E-state index contributed by atoms with van der Waals surface area (Å²) in [4.78, 5) is 110. The number of amides is 6. The van der Waals surface area contributed by atoms with Gasteiger partial charge in [-0.1, -0.05) is 30.3 Å². The zero-order valence-corrected chi connectivity index (χ0v) is 31.9. The maximum atomic E-state index is 13.2. The molecule has 0 radical (unpaired) electrons. The highest BCUT2D eigenvalue weighted by atomic mass is 16.7. The fourth-order valence-corrected chi connectivity index (χ4v) is 7.52. The van der Waals surface area contributed by atoms with E-state index in [1.807, 2.05) is 30.3 Å². The van der Waals surface area contributed by atoms with Crippen molar-refractivity contribution in [2.45, 2.75) is 113 Å². The van der Waals surface area contributed by atoms with Gasteiger partial charge in [-0.2, -0.15) is 0 Å². The van der Waals surface area contributed by atoms with Crippen molar-refractivity contribution in [1.82, 2.24) is 41.3 Å². The molecule has 0 aromatic heterocycles. The molecule has 0 aliphatic carbocycles. The maximum absolute atomic E-state index is 13.2. The van der Waals surface area contributed by atoms with Crippen LogP contribution in [0.5, 0.6) is 0 Å². The van der Waals surface area contributed by atoms with Crippen LogP contribution in [0.15, 0.2) is 30.3 Å². The molecule has 5 fully saturated rings. The number of nitrogens with zero attached hydrogens (tertiary/aromatic N) is 4. The summed E-state index contributed by atoms with van der Waals surface area (Å²) in [5.41, 5.74) is 0.912. The third kappa shape index (κ3) is 10.3. The Bertz CT molecular complexity index is 1700. The van der Waals surface area contributed by atoms with Crippen molar-refractivity contribution in [3.05, 3.63) is 35.9 Å². The molecule has 0 spiro atoms. The number of benzene rings is 1. The molecule has 20 nitrogen and oxygen atoms in total. The summed E-state index contributed by atoms with van der Waals surface area (Å²) in [6.45, 7) is 0.973. The lowest BCUT2D eigenvalue weighted by molar-refractivity contribution is -0.177. The molecule has 1 aromatic carbocycles. The van der Waals surface area contributed by atoms with E-state index in [2.05, 4.69) is 21.3 Å². The van der Waals surface area contributed by atoms with Crippen molar-refractivity contribution >= 4 is 53.7 Å². The highest BCUT2D eigenvalue weighted by molar-refractivity contribution is 5.95. The molecule has 310 valence electrons. The number of rotatable bonds is 12. The number of esters is 1. The standard InChI is InChI=1S/C22H28N4O6.C15H22N4O6/c1-23-15-9-10-18(27)25-11-5-8-17(26(25)21(15)30)20(29)24-16-12-19(28)32-22(16)31-13-14-6-3-2-4-7-14;1-16-10-4-5-12(21)18-6-2-3-11(19(18)15(10)25)14(24)17-9(8-20)7-13(22)23/h2-4,6-7,15-17,22-23H,5,8-13H2,1H3,(H,24,29);8-11,16H,2-7H2,1H3,(H,17,24)(H,22,23)/t15-,16-,17-,22?;9-,10-,11-/m00/s1. The van der Waals surface area contributed by atoms with Crippen LogP contribution in [0.3, 0.4) is 0 Å². The van der Waals surface area contributed by atoms with Gasteiger partial charge in [-0.15, -0.1) is 0 Å². The summed E-state index contributed by atoms with van der Waals surface area (Å²) in [6, 6.07) is 4.68. The average Bonchev–Trinajstić information content (AvgIpc) is 3.44. The Morgan fingerprint density at radius 2 is 1.39 bits per heavy atom. The van der Waals surface area contributed by atoms with Gasteiger partial charge in [0.25, 0.3) is 11.8 Å². The van der Waals surface area contributed by atoms with Crippen molar-refractivity contribution in [1.29, 1.82) is 0 Å². The summed E-state index contributed by atoms with van der Waals surface area (Å²) in [5, 5.41) is 24.9. The number of likely N-dealkylation sites (N-methyl/N-ethyl adjacent to an activating group) is 2. The van der Waals surface area contributed by atoms with E-state index < -0.39 is 72.7 Å². The van der Waals surface area contributed by atoms with Crippen LogP contribution in [0.2, 0.25) is 0 Å². The van der Waals surface area contributed by atoms with Crippen LogP contribution in [0.25, 0.3) is 0 Å². The third-order valence-electron chi connectivity index (χ3n) is 10.5. The molecule has 5 N–H and O–H groups in total. The highest BCUT2D eigenvalue weighted by Crippen LogP contribution is 2.27. The molecular formula is C37H50N8O12. The second-order valence-electron chi connectivity index (χ2n) is 14.3. The van der Waals surface area contributed by atoms with Gasteiger partial charge in [-0.05, 0) is 58.2 Å². The summed E-state index contributed by atoms with van der Waals surface area (Å²) < 4.78 is 11.0. The van der Waals surface area contributed by atoms with Gasteiger partial charge in [-0.3, -0.25) is 48.4 Å². The fraction of sp³-hybridized carbons (Fsp3) is 0.595. The molecular weight excluding hydrogens is 748 g/mol. The molecule has 6 amide bonds. The lowest BCUT2D eigenvalue weighted by atomic mass is 10.0. The zero-order valence-electron chi connectivity index (χ0n) is 31.9. The van der Waals surface area contributed by atoms with E-state index in [1.165, 1.54) is 15.0 Å². The normalized spacial score (nSPS) is 26.8. The molecule has 5 aliphatic rings. The number of aliphatic carboxylic acids is 1. The Labute approximate surface area is 328 Å². The lowest BCUT2D eigenvalue weighted by Crippen LogP contribution is -2.64. The van der Waals surface area contributed by atoms with Crippen LogP contribution in [-0.2, 0) is 59.2 Å². The van der Waals surface area contributed by atoms with Crippen LogP contribution in [0, 0.1) is 0 Å². The van der Waals surface area contributed by atoms with E-state index in [-0.39, 0.29) is 49.5 Å². The highest BCUT2D eigenvalue weighted by Gasteiger charge is 2.47. The second-order valence-corrected chi connectivity index (χ2v) is 14.3. The molecule has 5 aliphatic heterocycles. The monoisotopic (exact) mass is 798 g/mol. The predicted molar refractivity (Wildman–Crippen MR) is 195 cm³/mol. The van der Waals surface area contributed by atoms with E-state index in [4.69, 9.17) is 14.6 Å². The number of fused-ring (bicyclic) bond motifs is 2. The van der Waals surface area contributed by atoms with E-state index in [1.54, 1.807) is 14.1 Å². The lowest BCUT2D eigenvalue weighted by Gasteiger charge is -2.43. The molecule has 0 saturated carbocycles. The number of hydrazine groups is 2. The second kappa shape index (κ2) is 19.6. The summed E-state index contributed by atoms with van der Waals surface area (Å²) in [7, 11) is 3.27. The number of carbonyl (C=O) groups excluding carboxylic acids is 8. The first kappa shape index (κ1) is 42.7. The number of aldehydes is 1. The van der Waals surface area contributed by atoms with Gasteiger partial charge in [0.15, 0.2) is 0 Å². The number of hydrogen-bond donors (Lipinski definition) is 5. The van der Waals surface area contributed by atoms with E-state index >= 15 is 0 Å². The van der Waals surface area contributed by atoms with Crippen LogP contribution < -0.4 is 21.3 Å². The molecule has 1 unspecified atom stereocenters. The Morgan fingerprint density at radius 1 is 0.842 bits per heavy atom. The molecule has 0 bridgehead atoms. The van der Waals surface area contributed by atoms with Gasteiger partial charge in [0.2, 0.25) is 29.9 Å². The number of nitrogens with one attached hydrogen (secondary N) is 4. The van der Waals surface area contributed by atoms with Gasteiger partial charge in [0.1, 0.15) is 24.4 Å². The zero-order chi connectivity index (χ0) is 41.2. The van der Waals surface area contributed by atoms with Crippen molar-refractivity contribution in [3.8, 4) is 0 Å². The Hall–Kier alpha value is -5.47. The SMILES string of the molecule is CN[C@H]1CCC(=O)N2CCC[C@@H](C(=O)N[C@H](C=O)CC(=O)O)N2C1=O.CN[C@H]1CCC(=O)N2CCC[C@@H](C(=O)N[C@H]3CC(=O)OC3OCc3ccccc3)N2C1=O. The minimum absolute atomic E-state index is 0.0202. The van der Waals surface area contributed by atoms with Crippen molar-refractivity contribution in [2.75, 3.05) is 27.2 Å². The topological polar surface area (TPSA) is 253 Å². The van der Waals surface area contributed by atoms with Gasteiger partial charge in [-0.25, -0.2) is 10.0 Å². The number of carbonyl (C=O) groups is 9. The Kier molecular flexibility index (Phi) is 14.7. The molecule has 5 saturated heterocycles. The van der Waals surface area contributed by atoms with Crippen molar-refractivity contribution in [2.24, 2.45) is 0 Å². The largest absolute Gasteiger partial charge is 0.481 e. The van der Waals surface area contributed by atoms with E-state index in [0.29, 0.717) is 57.9 Å². The van der Waals surface area contributed by atoms with Crippen LogP contribution in [0.1, 0.15) is 69.8 Å². The molecule has 57 heavy (non-hydrogen) atoms. The Balaban J connectivity index is 0.000000225. The van der Waals surface area contributed by atoms with E-state index in [0.717, 1.165) is 10.6 Å². The van der Waals surface area contributed by atoms with Crippen LogP contribution in [-0.4, -0.2) is 149 Å². The third-order valence-corrected chi connectivity index (χ3v) is 10.5. The number of carboxylic acid groups (broad SMARTS) is 1. The molecule has 1 aromatic rings. The number of carboxylic acids is 1. The molecule has 20 heteroatoms. The average molecular weight is 799 g/mol. The number of cyclic esters (lactones) is 1. The van der Waals surface area contributed by atoms with Crippen molar-refractivity contribution in [3.63, 3.8) is 0 Å². The molecule has 7 atom stereocenters. The van der Waals surface area contributed by atoms with E-state index in [9.17, 15) is 43.2 Å². The first-order valence-electron chi connectivity index (χ1n) is 19.1. The molecule has 5 heterocycles. The minimum atomic E-state index is -1.22. The first-order valence-corrected chi connectivity index (χ1v) is 19.1. The van der Waals surface area contributed by atoms with Gasteiger partial charge in [0, 0.05) is 25.9 Å². The number of hydrogen-bond acceptors (Lipinski definition) is 13. The quantitative estimate of drug-likeness (QED) is 0.117. The minimum Gasteiger partial charge on any atom is -0.481 e. The van der Waals surface area contributed by atoms with Crippen LogP contribution >= 0.6 is 0 Å². The predicted octanol–water partition coefficient (Wildman–Crippen LogP) is -1.66.